The second kappa shape index (κ2) is 4.72. The molecule has 98 valence electrons. The Balaban J connectivity index is 2.07. The average Bonchev–Trinajstić information content (AvgIpc) is 2.99. The van der Waals surface area contributed by atoms with Crippen molar-refractivity contribution in [2.75, 3.05) is 6.26 Å². The molecule has 1 aliphatic carbocycles. The van der Waals surface area contributed by atoms with Crippen LogP contribution < -0.4 is 4.72 Å². The van der Waals surface area contributed by atoms with E-state index in [0.717, 1.165) is 11.8 Å². The Morgan fingerprint density at radius 3 is 2.56 bits per heavy atom. The number of benzene rings is 1. The molecule has 1 amide bonds. The minimum absolute atomic E-state index is 0.0153. The maximum absolute atomic E-state index is 11.6. The first-order valence-electron chi connectivity index (χ1n) is 5.24. The summed E-state index contributed by atoms with van der Waals surface area (Å²) in [4.78, 5) is 11.6. The number of amides is 1. The predicted molar refractivity (Wildman–Crippen MR) is 70.3 cm³/mol. The van der Waals surface area contributed by atoms with Crippen LogP contribution in [0.3, 0.4) is 0 Å². The molecule has 0 aliphatic heterocycles. The number of hydrogen-bond donors (Lipinski definition) is 1. The molecular weight excluding hydrogens is 297 g/mol. The van der Waals surface area contributed by atoms with Crippen molar-refractivity contribution in [3.05, 3.63) is 33.8 Å². The van der Waals surface area contributed by atoms with E-state index in [1.165, 1.54) is 0 Å². The van der Waals surface area contributed by atoms with Gasteiger partial charge in [0.25, 0.3) is 0 Å². The predicted octanol–water partition coefficient (Wildman–Crippen LogP) is 2.17. The molecule has 1 saturated carbocycles. The van der Waals surface area contributed by atoms with Crippen LogP contribution in [0.15, 0.2) is 18.2 Å². The zero-order valence-corrected chi connectivity index (χ0v) is 11.8. The van der Waals surface area contributed by atoms with Gasteiger partial charge in [-0.2, -0.15) is 0 Å². The molecule has 0 radical (unpaired) electrons. The van der Waals surface area contributed by atoms with Crippen LogP contribution in [0, 0.1) is 5.92 Å². The van der Waals surface area contributed by atoms with E-state index in [9.17, 15) is 13.2 Å². The normalized spacial score (nSPS) is 22.6. The van der Waals surface area contributed by atoms with Gasteiger partial charge in [-0.3, -0.25) is 9.52 Å². The lowest BCUT2D eigenvalue weighted by molar-refractivity contribution is -0.120. The fraction of sp³-hybridized carbons (Fsp3) is 0.364. The van der Waals surface area contributed by atoms with E-state index < -0.39 is 15.9 Å². The highest BCUT2D eigenvalue weighted by molar-refractivity contribution is 7.89. The van der Waals surface area contributed by atoms with Crippen LogP contribution in [-0.2, 0) is 14.8 Å². The van der Waals surface area contributed by atoms with E-state index in [4.69, 9.17) is 23.2 Å². The lowest BCUT2D eigenvalue weighted by atomic mass is 10.1. The second-order valence-electron chi connectivity index (χ2n) is 4.36. The number of halogens is 2. The van der Waals surface area contributed by atoms with Crippen molar-refractivity contribution in [2.45, 2.75) is 12.3 Å². The van der Waals surface area contributed by atoms with Crippen molar-refractivity contribution in [1.82, 2.24) is 4.72 Å². The molecule has 18 heavy (non-hydrogen) atoms. The van der Waals surface area contributed by atoms with Crippen LogP contribution in [0.5, 0.6) is 0 Å². The van der Waals surface area contributed by atoms with Gasteiger partial charge in [0.15, 0.2) is 0 Å². The van der Waals surface area contributed by atoms with Crippen LogP contribution in [0.4, 0.5) is 0 Å². The molecule has 1 fully saturated rings. The summed E-state index contributed by atoms with van der Waals surface area (Å²) in [6.45, 7) is 0. The summed E-state index contributed by atoms with van der Waals surface area (Å²) in [6.07, 6.45) is 1.58. The summed E-state index contributed by atoms with van der Waals surface area (Å²) >= 11 is 11.7. The van der Waals surface area contributed by atoms with Gasteiger partial charge >= 0.3 is 0 Å². The number of rotatable bonds is 3. The summed E-state index contributed by atoms with van der Waals surface area (Å²) < 4.78 is 23.9. The Hall–Kier alpha value is -0.780. The third kappa shape index (κ3) is 3.16. The Morgan fingerprint density at radius 1 is 1.33 bits per heavy atom. The highest BCUT2D eigenvalue weighted by atomic mass is 35.5. The largest absolute Gasteiger partial charge is 0.274 e. The minimum atomic E-state index is -3.50. The molecule has 1 aromatic rings. The van der Waals surface area contributed by atoms with Gasteiger partial charge in [0.05, 0.1) is 16.3 Å². The lowest BCUT2D eigenvalue weighted by Crippen LogP contribution is -2.30. The standard InChI is InChI=1S/C11H11Cl2NO3S/c1-18(16,17)14-11(15)8-5-7(8)6-2-3-9(12)10(13)4-6/h2-4,7-8H,5H2,1H3,(H,14,15)/t7-,8+/m1/s1. The number of sulfonamides is 1. The quantitative estimate of drug-likeness (QED) is 0.931. The molecule has 0 spiro atoms. The average molecular weight is 308 g/mol. The van der Waals surface area contributed by atoms with Gasteiger partial charge in [-0.05, 0) is 30.0 Å². The summed E-state index contributed by atoms with van der Waals surface area (Å²) in [6, 6.07) is 5.18. The molecule has 2 atom stereocenters. The summed E-state index contributed by atoms with van der Waals surface area (Å²) in [5, 5.41) is 0.890. The number of carbonyl (C=O) groups excluding carboxylic acids is 1. The first-order chi connectivity index (χ1) is 8.28. The number of nitrogens with one attached hydrogen (secondary N) is 1. The molecule has 0 unspecified atom stereocenters. The monoisotopic (exact) mass is 307 g/mol. The Kier molecular flexibility index (Phi) is 3.58. The molecule has 0 saturated heterocycles. The number of carbonyl (C=O) groups is 1. The summed E-state index contributed by atoms with van der Waals surface area (Å²) in [5.41, 5.74) is 0.901. The van der Waals surface area contributed by atoms with Crippen LogP contribution in [0.25, 0.3) is 0 Å². The molecule has 0 aromatic heterocycles. The molecule has 1 N–H and O–H groups in total. The Morgan fingerprint density at radius 2 is 2.00 bits per heavy atom. The van der Waals surface area contributed by atoms with Crippen molar-refractivity contribution >= 4 is 39.1 Å². The molecule has 4 nitrogen and oxygen atoms in total. The summed E-state index contributed by atoms with van der Waals surface area (Å²) in [5.74, 6) is -0.757. The van der Waals surface area contributed by atoms with Gasteiger partial charge in [0, 0.05) is 5.92 Å². The molecule has 0 bridgehead atoms. The molecular formula is C11H11Cl2NO3S. The van der Waals surface area contributed by atoms with E-state index in [-0.39, 0.29) is 11.8 Å². The van der Waals surface area contributed by atoms with Crippen molar-refractivity contribution in [3.63, 3.8) is 0 Å². The van der Waals surface area contributed by atoms with Crippen molar-refractivity contribution < 1.29 is 13.2 Å². The van der Waals surface area contributed by atoms with E-state index in [0.29, 0.717) is 16.5 Å². The van der Waals surface area contributed by atoms with E-state index in [1.54, 1.807) is 18.2 Å². The first-order valence-corrected chi connectivity index (χ1v) is 7.89. The number of hydrogen-bond acceptors (Lipinski definition) is 3. The first kappa shape index (κ1) is 13.6. The van der Waals surface area contributed by atoms with Gasteiger partial charge in [-0.1, -0.05) is 29.3 Å². The van der Waals surface area contributed by atoms with Crippen LogP contribution >= 0.6 is 23.2 Å². The van der Waals surface area contributed by atoms with Gasteiger partial charge in [0.1, 0.15) is 0 Å². The highest BCUT2D eigenvalue weighted by Gasteiger charge is 2.44. The van der Waals surface area contributed by atoms with Crippen LogP contribution in [-0.4, -0.2) is 20.6 Å². The smallest absolute Gasteiger partial charge is 0.237 e. The zero-order chi connectivity index (χ0) is 13.5. The molecule has 0 heterocycles. The SMILES string of the molecule is CS(=O)(=O)NC(=O)[C@H]1C[C@@H]1c1ccc(Cl)c(Cl)c1. The van der Waals surface area contributed by atoms with Crippen molar-refractivity contribution in [3.8, 4) is 0 Å². The molecule has 1 aliphatic rings. The molecule has 1 aromatic carbocycles. The van der Waals surface area contributed by atoms with E-state index >= 15 is 0 Å². The maximum atomic E-state index is 11.6. The van der Waals surface area contributed by atoms with Gasteiger partial charge in [-0.15, -0.1) is 0 Å². The third-order valence-corrected chi connectivity index (χ3v) is 4.10. The van der Waals surface area contributed by atoms with Gasteiger partial charge in [0.2, 0.25) is 15.9 Å². The minimum Gasteiger partial charge on any atom is -0.274 e. The fourth-order valence-corrected chi connectivity index (χ4v) is 2.68. The third-order valence-electron chi connectivity index (χ3n) is 2.79. The second-order valence-corrected chi connectivity index (χ2v) is 6.92. The van der Waals surface area contributed by atoms with Gasteiger partial charge in [-0.25, -0.2) is 8.42 Å². The Labute approximate surface area is 115 Å². The fourth-order valence-electron chi connectivity index (χ4n) is 1.85. The van der Waals surface area contributed by atoms with E-state index in [2.05, 4.69) is 0 Å². The lowest BCUT2D eigenvalue weighted by Gasteiger charge is -2.03. The highest BCUT2D eigenvalue weighted by Crippen LogP contribution is 2.48. The van der Waals surface area contributed by atoms with Gasteiger partial charge < -0.3 is 0 Å². The summed E-state index contributed by atoms with van der Waals surface area (Å²) in [7, 11) is -3.50. The topological polar surface area (TPSA) is 63.2 Å². The van der Waals surface area contributed by atoms with E-state index in [1.807, 2.05) is 4.72 Å². The maximum Gasteiger partial charge on any atom is 0.237 e. The Bertz CT molecular complexity index is 600. The molecule has 7 heteroatoms. The van der Waals surface area contributed by atoms with Crippen LogP contribution in [0.2, 0.25) is 10.0 Å². The van der Waals surface area contributed by atoms with Crippen LogP contribution in [0.1, 0.15) is 17.9 Å². The molecule has 2 rings (SSSR count). The van der Waals surface area contributed by atoms with Crippen molar-refractivity contribution in [1.29, 1.82) is 0 Å². The van der Waals surface area contributed by atoms with Crippen molar-refractivity contribution in [2.24, 2.45) is 5.92 Å². The zero-order valence-electron chi connectivity index (χ0n) is 9.48.